The molecule has 2 unspecified atom stereocenters. The Morgan fingerprint density at radius 3 is 3.00 bits per heavy atom. The molecule has 0 spiro atoms. The highest BCUT2D eigenvalue weighted by molar-refractivity contribution is 5.46. The molecule has 2 aromatic rings. The van der Waals surface area contributed by atoms with Crippen LogP contribution in [-0.2, 0) is 13.5 Å². The smallest absolute Gasteiger partial charge is 0.227 e. The monoisotopic (exact) mass is 275 g/mol. The van der Waals surface area contributed by atoms with E-state index in [0.29, 0.717) is 17.8 Å². The van der Waals surface area contributed by atoms with Gasteiger partial charge in [0, 0.05) is 25.7 Å². The predicted octanol–water partition coefficient (Wildman–Crippen LogP) is 1.79. The molecule has 0 amide bonds. The van der Waals surface area contributed by atoms with Crippen LogP contribution in [0.4, 0.5) is 0 Å². The van der Waals surface area contributed by atoms with Gasteiger partial charge in [-0.1, -0.05) is 18.0 Å². The van der Waals surface area contributed by atoms with Crippen LogP contribution in [0.1, 0.15) is 31.6 Å². The molecule has 1 aliphatic carbocycles. The van der Waals surface area contributed by atoms with Crippen LogP contribution in [-0.4, -0.2) is 33.0 Å². The van der Waals surface area contributed by atoms with Crippen LogP contribution in [0.25, 0.3) is 11.5 Å². The van der Waals surface area contributed by atoms with E-state index in [-0.39, 0.29) is 0 Å². The van der Waals surface area contributed by atoms with Crippen LogP contribution in [0, 0.1) is 5.92 Å². The SMILES string of the molecule is CNC1CCCCC1Cc1nc(-c2ccn(C)n2)no1. The summed E-state index contributed by atoms with van der Waals surface area (Å²) >= 11 is 0. The molecule has 2 aromatic heterocycles. The molecule has 0 bridgehead atoms. The molecular weight excluding hydrogens is 254 g/mol. The highest BCUT2D eigenvalue weighted by Crippen LogP contribution is 2.27. The first-order valence-electron chi connectivity index (χ1n) is 7.26. The van der Waals surface area contributed by atoms with E-state index in [4.69, 9.17) is 4.52 Å². The summed E-state index contributed by atoms with van der Waals surface area (Å²) in [5.74, 6) is 1.89. The lowest BCUT2D eigenvalue weighted by molar-refractivity contribution is 0.248. The second-order valence-corrected chi connectivity index (χ2v) is 5.53. The number of aromatic nitrogens is 4. The topological polar surface area (TPSA) is 68.8 Å². The van der Waals surface area contributed by atoms with Gasteiger partial charge in [0.25, 0.3) is 0 Å². The fourth-order valence-corrected chi connectivity index (χ4v) is 3.03. The van der Waals surface area contributed by atoms with E-state index in [0.717, 1.165) is 18.0 Å². The molecule has 2 atom stereocenters. The Morgan fingerprint density at radius 2 is 2.25 bits per heavy atom. The standard InChI is InChI=1S/C14H21N5O/c1-15-11-6-4-3-5-10(11)9-13-16-14(18-20-13)12-7-8-19(2)17-12/h7-8,10-11,15H,3-6,9H2,1-2H3. The Hall–Kier alpha value is -1.69. The van der Waals surface area contributed by atoms with Gasteiger partial charge in [-0.05, 0) is 31.9 Å². The lowest BCUT2D eigenvalue weighted by Gasteiger charge is -2.30. The summed E-state index contributed by atoms with van der Waals surface area (Å²) in [5.41, 5.74) is 0.760. The molecule has 6 heteroatoms. The molecule has 0 aromatic carbocycles. The maximum Gasteiger partial charge on any atom is 0.227 e. The van der Waals surface area contributed by atoms with Crippen molar-refractivity contribution in [3.8, 4) is 11.5 Å². The van der Waals surface area contributed by atoms with Gasteiger partial charge in [-0.3, -0.25) is 4.68 Å². The van der Waals surface area contributed by atoms with E-state index in [2.05, 4.69) is 20.6 Å². The number of nitrogens with zero attached hydrogens (tertiary/aromatic N) is 4. The lowest BCUT2D eigenvalue weighted by Crippen LogP contribution is -2.37. The fourth-order valence-electron chi connectivity index (χ4n) is 3.03. The first-order valence-corrected chi connectivity index (χ1v) is 7.26. The Balaban J connectivity index is 1.70. The van der Waals surface area contributed by atoms with Gasteiger partial charge in [-0.15, -0.1) is 0 Å². The summed E-state index contributed by atoms with van der Waals surface area (Å²) in [5, 5.41) is 11.7. The van der Waals surface area contributed by atoms with Crippen LogP contribution >= 0.6 is 0 Å². The van der Waals surface area contributed by atoms with Crippen LogP contribution in [0.3, 0.4) is 0 Å². The van der Waals surface area contributed by atoms with Crippen molar-refractivity contribution in [3.63, 3.8) is 0 Å². The molecule has 0 saturated heterocycles. The highest BCUT2D eigenvalue weighted by atomic mass is 16.5. The fraction of sp³-hybridized carbons (Fsp3) is 0.643. The maximum atomic E-state index is 5.39. The van der Waals surface area contributed by atoms with Crippen molar-refractivity contribution in [3.05, 3.63) is 18.2 Å². The Kier molecular flexibility index (Phi) is 3.82. The minimum Gasteiger partial charge on any atom is -0.339 e. The largest absolute Gasteiger partial charge is 0.339 e. The van der Waals surface area contributed by atoms with Crippen molar-refractivity contribution in [2.24, 2.45) is 13.0 Å². The number of hydrogen-bond acceptors (Lipinski definition) is 5. The second-order valence-electron chi connectivity index (χ2n) is 5.53. The average Bonchev–Trinajstić information content (AvgIpc) is 3.08. The molecule has 6 nitrogen and oxygen atoms in total. The minimum absolute atomic E-state index is 0.564. The molecule has 0 aliphatic heterocycles. The van der Waals surface area contributed by atoms with Crippen molar-refractivity contribution in [2.45, 2.75) is 38.1 Å². The van der Waals surface area contributed by atoms with E-state index in [9.17, 15) is 0 Å². The van der Waals surface area contributed by atoms with E-state index in [1.807, 2.05) is 26.4 Å². The normalized spacial score (nSPS) is 23.1. The Bertz CT molecular complexity index is 561. The third kappa shape index (κ3) is 2.75. The first kappa shape index (κ1) is 13.3. The van der Waals surface area contributed by atoms with Crippen LogP contribution in [0.2, 0.25) is 0 Å². The third-order valence-corrected chi connectivity index (χ3v) is 4.13. The van der Waals surface area contributed by atoms with Gasteiger partial charge < -0.3 is 9.84 Å². The van der Waals surface area contributed by atoms with Crippen molar-refractivity contribution >= 4 is 0 Å². The van der Waals surface area contributed by atoms with Gasteiger partial charge >= 0.3 is 0 Å². The summed E-state index contributed by atoms with van der Waals surface area (Å²) in [6.45, 7) is 0. The van der Waals surface area contributed by atoms with E-state index < -0.39 is 0 Å². The summed E-state index contributed by atoms with van der Waals surface area (Å²) in [4.78, 5) is 4.48. The number of aryl methyl sites for hydroxylation is 1. The minimum atomic E-state index is 0.564. The van der Waals surface area contributed by atoms with Crippen molar-refractivity contribution in [2.75, 3.05) is 7.05 Å². The average molecular weight is 275 g/mol. The molecule has 20 heavy (non-hydrogen) atoms. The van der Waals surface area contributed by atoms with Gasteiger partial charge in [-0.2, -0.15) is 10.1 Å². The van der Waals surface area contributed by atoms with Crippen molar-refractivity contribution in [1.82, 2.24) is 25.2 Å². The van der Waals surface area contributed by atoms with Gasteiger partial charge in [0.15, 0.2) is 0 Å². The zero-order valence-corrected chi connectivity index (χ0v) is 12.0. The summed E-state index contributed by atoms with van der Waals surface area (Å²) in [6, 6.07) is 2.46. The third-order valence-electron chi connectivity index (χ3n) is 4.13. The molecule has 0 radical (unpaired) electrons. The zero-order valence-electron chi connectivity index (χ0n) is 12.0. The molecule has 2 heterocycles. The molecule has 108 valence electrons. The summed E-state index contributed by atoms with van der Waals surface area (Å²) in [7, 11) is 3.92. The summed E-state index contributed by atoms with van der Waals surface area (Å²) < 4.78 is 7.13. The predicted molar refractivity (Wildman–Crippen MR) is 75.0 cm³/mol. The van der Waals surface area contributed by atoms with Crippen molar-refractivity contribution < 1.29 is 4.52 Å². The zero-order chi connectivity index (χ0) is 13.9. The van der Waals surface area contributed by atoms with E-state index >= 15 is 0 Å². The van der Waals surface area contributed by atoms with Gasteiger partial charge in [0.05, 0.1) is 0 Å². The van der Waals surface area contributed by atoms with E-state index in [1.54, 1.807) is 4.68 Å². The molecular formula is C14H21N5O. The Labute approximate surface area is 118 Å². The van der Waals surface area contributed by atoms with Crippen LogP contribution in [0.5, 0.6) is 0 Å². The second kappa shape index (κ2) is 5.75. The Morgan fingerprint density at radius 1 is 1.40 bits per heavy atom. The lowest BCUT2D eigenvalue weighted by atomic mass is 9.82. The first-order chi connectivity index (χ1) is 9.76. The van der Waals surface area contributed by atoms with Crippen LogP contribution in [0.15, 0.2) is 16.8 Å². The molecule has 1 aliphatic rings. The number of nitrogens with one attached hydrogen (secondary N) is 1. The molecule has 1 fully saturated rings. The molecule has 3 rings (SSSR count). The number of hydrogen-bond donors (Lipinski definition) is 1. The van der Waals surface area contributed by atoms with Crippen LogP contribution < -0.4 is 5.32 Å². The van der Waals surface area contributed by atoms with Gasteiger partial charge in [0.1, 0.15) is 5.69 Å². The number of rotatable bonds is 4. The summed E-state index contributed by atoms with van der Waals surface area (Å²) in [6.07, 6.45) is 7.80. The molecule has 1 N–H and O–H groups in total. The highest BCUT2D eigenvalue weighted by Gasteiger charge is 2.26. The van der Waals surface area contributed by atoms with Gasteiger partial charge in [0.2, 0.25) is 11.7 Å². The van der Waals surface area contributed by atoms with E-state index in [1.165, 1.54) is 25.7 Å². The maximum absolute atomic E-state index is 5.39. The van der Waals surface area contributed by atoms with Gasteiger partial charge in [-0.25, -0.2) is 0 Å². The van der Waals surface area contributed by atoms with Crippen molar-refractivity contribution in [1.29, 1.82) is 0 Å². The molecule has 1 saturated carbocycles. The quantitative estimate of drug-likeness (QED) is 0.921.